The second-order valence-electron chi connectivity index (χ2n) is 6.65. The molecule has 2 aromatic heterocycles. The van der Waals surface area contributed by atoms with Gasteiger partial charge < -0.3 is 10.1 Å². The first-order valence-corrected chi connectivity index (χ1v) is 10.1. The van der Waals surface area contributed by atoms with E-state index in [0.717, 1.165) is 38.6 Å². The summed E-state index contributed by atoms with van der Waals surface area (Å²) in [6.07, 6.45) is 5.27. The van der Waals surface area contributed by atoms with Gasteiger partial charge in [0.1, 0.15) is 24.0 Å². The van der Waals surface area contributed by atoms with E-state index in [2.05, 4.69) is 39.2 Å². The monoisotopic (exact) mass is 400 g/mol. The minimum atomic E-state index is 0.0375. The van der Waals surface area contributed by atoms with Gasteiger partial charge in [-0.05, 0) is 43.7 Å². The SMILES string of the molecule is C#CCOc1cccc(C(C)Nc2cc(-c3ccc4ncsc4c3)nc(C)n2)c1. The molecule has 2 aromatic carbocycles. The minimum Gasteiger partial charge on any atom is -0.481 e. The summed E-state index contributed by atoms with van der Waals surface area (Å²) in [6, 6.07) is 16.1. The average molecular weight is 401 g/mol. The van der Waals surface area contributed by atoms with Gasteiger partial charge in [-0.2, -0.15) is 0 Å². The van der Waals surface area contributed by atoms with E-state index in [0.29, 0.717) is 5.82 Å². The maximum atomic E-state index is 5.53. The van der Waals surface area contributed by atoms with Crippen LogP contribution in [0.4, 0.5) is 5.82 Å². The number of anilines is 1. The maximum absolute atomic E-state index is 5.53. The number of benzene rings is 2. The van der Waals surface area contributed by atoms with E-state index < -0.39 is 0 Å². The first-order valence-electron chi connectivity index (χ1n) is 9.24. The van der Waals surface area contributed by atoms with Crippen molar-refractivity contribution in [1.82, 2.24) is 15.0 Å². The fourth-order valence-electron chi connectivity index (χ4n) is 3.11. The van der Waals surface area contributed by atoms with Crippen LogP contribution in [0, 0.1) is 19.3 Å². The first kappa shape index (κ1) is 18.9. The van der Waals surface area contributed by atoms with Crippen molar-refractivity contribution in [3.05, 3.63) is 65.4 Å². The molecule has 1 unspecified atom stereocenters. The number of thiazole rings is 1. The van der Waals surface area contributed by atoms with Crippen LogP contribution in [-0.2, 0) is 0 Å². The third-order valence-electron chi connectivity index (χ3n) is 4.51. The number of aryl methyl sites for hydroxylation is 1. The van der Waals surface area contributed by atoms with Crippen LogP contribution in [0.15, 0.2) is 54.0 Å². The number of ether oxygens (including phenoxy) is 1. The minimum absolute atomic E-state index is 0.0375. The number of rotatable bonds is 6. The van der Waals surface area contributed by atoms with Crippen molar-refractivity contribution in [2.24, 2.45) is 0 Å². The second-order valence-corrected chi connectivity index (χ2v) is 7.54. The highest BCUT2D eigenvalue weighted by atomic mass is 32.1. The summed E-state index contributed by atoms with van der Waals surface area (Å²) < 4.78 is 6.67. The van der Waals surface area contributed by atoms with Crippen LogP contribution in [0.1, 0.15) is 24.4 Å². The Balaban J connectivity index is 1.58. The van der Waals surface area contributed by atoms with Crippen molar-refractivity contribution < 1.29 is 4.74 Å². The van der Waals surface area contributed by atoms with Crippen LogP contribution in [0.5, 0.6) is 5.75 Å². The third kappa shape index (κ3) is 4.36. The molecule has 144 valence electrons. The van der Waals surface area contributed by atoms with Crippen molar-refractivity contribution in [3.63, 3.8) is 0 Å². The molecule has 0 amide bonds. The van der Waals surface area contributed by atoms with E-state index in [4.69, 9.17) is 11.2 Å². The van der Waals surface area contributed by atoms with E-state index in [1.807, 2.05) is 54.9 Å². The summed E-state index contributed by atoms with van der Waals surface area (Å²) >= 11 is 1.63. The van der Waals surface area contributed by atoms with Crippen LogP contribution in [-0.4, -0.2) is 21.6 Å². The summed E-state index contributed by atoms with van der Waals surface area (Å²) in [4.78, 5) is 13.5. The van der Waals surface area contributed by atoms with Gasteiger partial charge in [-0.15, -0.1) is 17.8 Å². The van der Waals surface area contributed by atoms with Gasteiger partial charge in [0.15, 0.2) is 0 Å². The molecule has 0 fully saturated rings. The lowest BCUT2D eigenvalue weighted by Gasteiger charge is -2.17. The van der Waals surface area contributed by atoms with Crippen LogP contribution in [0.25, 0.3) is 21.5 Å². The number of hydrogen-bond acceptors (Lipinski definition) is 6. The smallest absolute Gasteiger partial charge is 0.148 e. The molecule has 1 atom stereocenters. The molecular weight excluding hydrogens is 380 g/mol. The Morgan fingerprint density at radius 1 is 1.17 bits per heavy atom. The van der Waals surface area contributed by atoms with Crippen LogP contribution in [0.3, 0.4) is 0 Å². The molecule has 5 nitrogen and oxygen atoms in total. The fraction of sp³-hybridized carbons (Fsp3) is 0.174. The quantitative estimate of drug-likeness (QED) is 0.448. The number of terminal acetylenes is 1. The van der Waals surface area contributed by atoms with Gasteiger partial charge in [0, 0.05) is 11.6 Å². The van der Waals surface area contributed by atoms with Crippen LogP contribution < -0.4 is 10.1 Å². The number of fused-ring (bicyclic) bond motifs is 1. The standard InChI is InChI=1S/C23H20N4OS/c1-4-10-28-19-7-5-6-17(11-19)15(2)25-23-13-21(26-16(3)27-23)18-8-9-20-22(12-18)29-14-24-20/h1,5-9,11-15H,10H2,2-3H3,(H,25,26,27). The van der Waals surface area contributed by atoms with Crippen molar-refractivity contribution in [2.45, 2.75) is 19.9 Å². The average Bonchev–Trinajstić information content (AvgIpc) is 3.20. The van der Waals surface area contributed by atoms with E-state index in [9.17, 15) is 0 Å². The Morgan fingerprint density at radius 3 is 2.93 bits per heavy atom. The van der Waals surface area contributed by atoms with Crippen molar-refractivity contribution >= 4 is 27.4 Å². The number of hydrogen-bond donors (Lipinski definition) is 1. The number of nitrogens with one attached hydrogen (secondary N) is 1. The van der Waals surface area contributed by atoms with Crippen molar-refractivity contribution in [1.29, 1.82) is 0 Å². The lowest BCUT2D eigenvalue weighted by atomic mass is 10.1. The summed E-state index contributed by atoms with van der Waals surface area (Å²) in [5.74, 6) is 4.73. The van der Waals surface area contributed by atoms with Gasteiger partial charge in [0.2, 0.25) is 0 Å². The highest BCUT2D eigenvalue weighted by Crippen LogP contribution is 2.28. The second kappa shape index (κ2) is 8.29. The summed E-state index contributed by atoms with van der Waals surface area (Å²) in [7, 11) is 0. The topological polar surface area (TPSA) is 59.9 Å². The molecule has 6 heteroatoms. The molecule has 0 aliphatic rings. The Kier molecular flexibility index (Phi) is 5.41. The van der Waals surface area contributed by atoms with Crippen LogP contribution in [0.2, 0.25) is 0 Å². The highest BCUT2D eigenvalue weighted by Gasteiger charge is 2.11. The molecule has 2 heterocycles. The van der Waals surface area contributed by atoms with Gasteiger partial charge in [-0.1, -0.05) is 24.1 Å². The van der Waals surface area contributed by atoms with Gasteiger partial charge >= 0.3 is 0 Å². The molecule has 1 N–H and O–H groups in total. The van der Waals surface area contributed by atoms with E-state index in [-0.39, 0.29) is 12.6 Å². The Bertz CT molecular complexity index is 1190. The predicted molar refractivity (Wildman–Crippen MR) is 118 cm³/mol. The first-order chi connectivity index (χ1) is 14.1. The molecule has 0 bridgehead atoms. The summed E-state index contributed by atoms with van der Waals surface area (Å²) in [5, 5.41) is 3.47. The van der Waals surface area contributed by atoms with Gasteiger partial charge in [-0.3, -0.25) is 0 Å². The molecule has 0 spiro atoms. The molecule has 0 aliphatic heterocycles. The van der Waals surface area contributed by atoms with E-state index in [1.54, 1.807) is 11.3 Å². The van der Waals surface area contributed by atoms with Gasteiger partial charge in [0.25, 0.3) is 0 Å². The normalized spacial score (nSPS) is 11.8. The van der Waals surface area contributed by atoms with Crippen LogP contribution >= 0.6 is 11.3 Å². The zero-order valence-electron chi connectivity index (χ0n) is 16.2. The third-order valence-corrected chi connectivity index (χ3v) is 5.30. The molecule has 0 radical (unpaired) electrons. The largest absolute Gasteiger partial charge is 0.481 e. The Labute approximate surface area is 173 Å². The van der Waals surface area contributed by atoms with Gasteiger partial charge in [-0.25, -0.2) is 15.0 Å². The molecule has 4 rings (SSSR count). The summed E-state index contributed by atoms with van der Waals surface area (Å²) in [6.45, 7) is 4.24. The summed E-state index contributed by atoms with van der Waals surface area (Å²) in [5.41, 5.74) is 5.88. The van der Waals surface area contributed by atoms with Crippen molar-refractivity contribution in [3.8, 4) is 29.4 Å². The predicted octanol–water partition coefficient (Wildman–Crippen LogP) is 5.25. The fourth-order valence-corrected chi connectivity index (χ4v) is 3.82. The Morgan fingerprint density at radius 2 is 2.07 bits per heavy atom. The molecule has 0 aliphatic carbocycles. The lowest BCUT2D eigenvalue weighted by molar-refractivity contribution is 0.370. The maximum Gasteiger partial charge on any atom is 0.148 e. The zero-order valence-corrected chi connectivity index (χ0v) is 17.0. The van der Waals surface area contributed by atoms with Gasteiger partial charge in [0.05, 0.1) is 27.5 Å². The lowest BCUT2D eigenvalue weighted by Crippen LogP contribution is -2.09. The Hall–Kier alpha value is -3.43. The molecule has 0 saturated heterocycles. The molecule has 29 heavy (non-hydrogen) atoms. The highest BCUT2D eigenvalue weighted by molar-refractivity contribution is 7.16. The number of aromatic nitrogens is 3. The zero-order chi connectivity index (χ0) is 20.2. The van der Waals surface area contributed by atoms with E-state index in [1.165, 1.54) is 0 Å². The molecular formula is C23H20N4OS. The number of nitrogens with zero attached hydrogens (tertiary/aromatic N) is 3. The van der Waals surface area contributed by atoms with Crippen molar-refractivity contribution in [2.75, 3.05) is 11.9 Å². The van der Waals surface area contributed by atoms with E-state index >= 15 is 0 Å². The molecule has 0 saturated carbocycles. The molecule has 4 aromatic rings.